The summed E-state index contributed by atoms with van der Waals surface area (Å²) >= 11 is 0. The van der Waals surface area contributed by atoms with Crippen LogP contribution in [0.5, 0.6) is 5.75 Å². The first-order chi connectivity index (χ1) is 8.25. The van der Waals surface area contributed by atoms with E-state index in [1.807, 2.05) is 12.1 Å². The minimum Gasteiger partial charge on any atom is -0.493 e. The van der Waals surface area contributed by atoms with Crippen molar-refractivity contribution in [3.05, 3.63) is 29.3 Å². The summed E-state index contributed by atoms with van der Waals surface area (Å²) in [5, 5.41) is 11.7. The summed E-state index contributed by atoms with van der Waals surface area (Å²) in [6.07, 6.45) is 1.89. The van der Waals surface area contributed by atoms with Crippen molar-refractivity contribution in [2.75, 3.05) is 13.2 Å². The molecule has 0 amide bonds. The highest BCUT2D eigenvalue weighted by atomic mass is 16.5. The van der Waals surface area contributed by atoms with Crippen LogP contribution < -0.4 is 10.1 Å². The third-order valence-electron chi connectivity index (χ3n) is 2.83. The Bertz CT molecular complexity index is 404. The topological polar surface area (TPSA) is 58.6 Å². The van der Waals surface area contributed by atoms with Gasteiger partial charge < -0.3 is 15.2 Å². The molecule has 4 nitrogen and oxygen atoms in total. The van der Waals surface area contributed by atoms with E-state index in [4.69, 9.17) is 9.84 Å². The van der Waals surface area contributed by atoms with E-state index in [9.17, 15) is 4.79 Å². The van der Waals surface area contributed by atoms with E-state index < -0.39 is 5.97 Å². The van der Waals surface area contributed by atoms with Gasteiger partial charge in [-0.15, -0.1) is 0 Å². The first-order valence-electron chi connectivity index (χ1n) is 5.93. The van der Waals surface area contributed by atoms with Gasteiger partial charge >= 0.3 is 5.97 Å². The molecule has 0 aromatic heterocycles. The molecule has 0 atom stereocenters. The quantitative estimate of drug-likeness (QED) is 0.735. The van der Waals surface area contributed by atoms with Crippen LogP contribution in [0.3, 0.4) is 0 Å². The summed E-state index contributed by atoms with van der Waals surface area (Å²) in [4.78, 5) is 10.3. The Balaban J connectivity index is 1.74. The van der Waals surface area contributed by atoms with Crippen LogP contribution in [-0.4, -0.2) is 24.2 Å². The molecule has 0 saturated carbocycles. The maximum Gasteiger partial charge on any atom is 0.303 e. The minimum absolute atomic E-state index is 0.227. The Morgan fingerprint density at radius 3 is 3.18 bits per heavy atom. The third-order valence-corrected chi connectivity index (χ3v) is 2.83. The number of carboxylic acids is 1. The number of benzene rings is 1. The highest BCUT2D eigenvalue weighted by Gasteiger charge is 2.11. The number of rotatable bonds is 6. The normalized spacial score (nSPS) is 13.2. The number of aliphatic carboxylic acids is 1. The number of fused-ring (bicyclic) bond motifs is 1. The highest BCUT2D eigenvalue weighted by molar-refractivity contribution is 5.66. The van der Waals surface area contributed by atoms with Crippen molar-refractivity contribution in [3.63, 3.8) is 0 Å². The lowest BCUT2D eigenvalue weighted by Gasteiger charge is -2.05. The fraction of sp³-hybridized carbons (Fsp3) is 0.462. The first kappa shape index (κ1) is 11.9. The zero-order chi connectivity index (χ0) is 12.1. The Labute approximate surface area is 101 Å². The minimum atomic E-state index is -0.735. The lowest BCUT2D eigenvalue weighted by molar-refractivity contribution is -0.137. The van der Waals surface area contributed by atoms with Crippen LogP contribution in [-0.2, 0) is 17.8 Å². The SMILES string of the molecule is O=C(O)CCCNCc1ccc2c(c1)CCO2. The fourth-order valence-corrected chi connectivity index (χ4v) is 1.95. The lowest BCUT2D eigenvalue weighted by Crippen LogP contribution is -2.15. The van der Waals surface area contributed by atoms with Crippen LogP contribution >= 0.6 is 0 Å². The van der Waals surface area contributed by atoms with Crippen LogP contribution in [0.15, 0.2) is 18.2 Å². The van der Waals surface area contributed by atoms with Gasteiger partial charge in [-0.2, -0.15) is 0 Å². The van der Waals surface area contributed by atoms with Crippen molar-refractivity contribution in [3.8, 4) is 5.75 Å². The summed E-state index contributed by atoms with van der Waals surface area (Å²) in [5.41, 5.74) is 2.50. The molecule has 1 aliphatic heterocycles. The molecule has 92 valence electrons. The second kappa shape index (κ2) is 5.68. The zero-order valence-electron chi connectivity index (χ0n) is 9.74. The van der Waals surface area contributed by atoms with Gasteiger partial charge in [0.2, 0.25) is 0 Å². The van der Waals surface area contributed by atoms with Crippen LogP contribution in [0.4, 0.5) is 0 Å². The van der Waals surface area contributed by atoms with Gasteiger partial charge in [0.1, 0.15) is 5.75 Å². The lowest BCUT2D eigenvalue weighted by atomic mass is 10.1. The van der Waals surface area contributed by atoms with Gasteiger partial charge in [0.15, 0.2) is 0 Å². The van der Waals surface area contributed by atoms with Gasteiger partial charge in [-0.05, 0) is 30.2 Å². The molecule has 0 bridgehead atoms. The van der Waals surface area contributed by atoms with Crippen LogP contribution in [0.25, 0.3) is 0 Å². The molecular formula is C13H17NO3. The predicted octanol–water partition coefficient (Wildman–Crippen LogP) is 1.58. The van der Waals surface area contributed by atoms with Crippen molar-refractivity contribution in [2.24, 2.45) is 0 Å². The Hall–Kier alpha value is -1.55. The van der Waals surface area contributed by atoms with E-state index in [0.29, 0.717) is 6.42 Å². The van der Waals surface area contributed by atoms with Crippen LogP contribution in [0, 0.1) is 0 Å². The van der Waals surface area contributed by atoms with Crippen molar-refractivity contribution < 1.29 is 14.6 Å². The molecule has 1 aromatic rings. The molecule has 0 radical (unpaired) electrons. The number of carboxylic acid groups (broad SMARTS) is 1. The maximum atomic E-state index is 10.3. The summed E-state index contributed by atoms with van der Waals surface area (Å²) in [5.74, 6) is 0.265. The van der Waals surface area contributed by atoms with E-state index in [0.717, 1.165) is 31.9 Å². The van der Waals surface area contributed by atoms with Crippen molar-refractivity contribution >= 4 is 5.97 Å². The second-order valence-corrected chi connectivity index (χ2v) is 4.21. The summed E-state index contributed by atoms with van der Waals surface area (Å²) < 4.78 is 5.44. The number of nitrogens with one attached hydrogen (secondary N) is 1. The second-order valence-electron chi connectivity index (χ2n) is 4.21. The predicted molar refractivity (Wildman–Crippen MR) is 64.2 cm³/mol. The van der Waals surface area contributed by atoms with Gasteiger partial charge in [-0.25, -0.2) is 0 Å². The van der Waals surface area contributed by atoms with Gasteiger partial charge in [0.05, 0.1) is 6.61 Å². The van der Waals surface area contributed by atoms with E-state index in [-0.39, 0.29) is 6.42 Å². The number of ether oxygens (including phenoxy) is 1. The molecule has 1 aliphatic rings. The molecule has 2 N–H and O–H groups in total. The van der Waals surface area contributed by atoms with E-state index in [2.05, 4.69) is 11.4 Å². The number of hydrogen-bond donors (Lipinski definition) is 2. The molecule has 0 aliphatic carbocycles. The van der Waals surface area contributed by atoms with Gasteiger partial charge in [0.25, 0.3) is 0 Å². The first-order valence-corrected chi connectivity index (χ1v) is 5.93. The maximum absolute atomic E-state index is 10.3. The van der Waals surface area contributed by atoms with E-state index >= 15 is 0 Å². The van der Waals surface area contributed by atoms with Crippen LogP contribution in [0.2, 0.25) is 0 Å². The van der Waals surface area contributed by atoms with E-state index in [1.54, 1.807) is 0 Å². The Kier molecular flexibility index (Phi) is 3.98. The number of carbonyl (C=O) groups is 1. The molecule has 1 aromatic carbocycles. The smallest absolute Gasteiger partial charge is 0.303 e. The van der Waals surface area contributed by atoms with Crippen LogP contribution in [0.1, 0.15) is 24.0 Å². The average Bonchev–Trinajstić information content (AvgIpc) is 2.75. The fourth-order valence-electron chi connectivity index (χ4n) is 1.95. The molecule has 4 heteroatoms. The molecule has 0 spiro atoms. The van der Waals surface area contributed by atoms with E-state index in [1.165, 1.54) is 11.1 Å². The summed E-state index contributed by atoms with van der Waals surface area (Å²) in [6.45, 7) is 2.30. The molecule has 17 heavy (non-hydrogen) atoms. The van der Waals surface area contributed by atoms with Gasteiger partial charge in [0, 0.05) is 19.4 Å². The summed E-state index contributed by atoms with van der Waals surface area (Å²) in [6, 6.07) is 6.22. The van der Waals surface area contributed by atoms with Crippen molar-refractivity contribution in [1.82, 2.24) is 5.32 Å². The Morgan fingerprint density at radius 1 is 1.47 bits per heavy atom. The molecule has 1 heterocycles. The molecule has 0 fully saturated rings. The summed E-state index contributed by atoms with van der Waals surface area (Å²) in [7, 11) is 0. The molecule has 0 saturated heterocycles. The zero-order valence-corrected chi connectivity index (χ0v) is 9.74. The third kappa shape index (κ3) is 3.46. The monoisotopic (exact) mass is 235 g/mol. The largest absolute Gasteiger partial charge is 0.493 e. The Morgan fingerprint density at radius 2 is 2.35 bits per heavy atom. The van der Waals surface area contributed by atoms with Crippen molar-refractivity contribution in [1.29, 1.82) is 0 Å². The average molecular weight is 235 g/mol. The standard InChI is InChI=1S/C13H17NO3/c15-13(16)2-1-6-14-9-10-3-4-12-11(8-10)5-7-17-12/h3-4,8,14H,1-2,5-7,9H2,(H,15,16). The molecule has 0 unspecified atom stereocenters. The van der Waals surface area contributed by atoms with Gasteiger partial charge in [-0.3, -0.25) is 4.79 Å². The molecule has 2 rings (SSSR count). The number of hydrogen-bond acceptors (Lipinski definition) is 3. The van der Waals surface area contributed by atoms with Gasteiger partial charge in [-0.1, -0.05) is 12.1 Å². The van der Waals surface area contributed by atoms with Crippen molar-refractivity contribution in [2.45, 2.75) is 25.8 Å². The molecular weight excluding hydrogens is 218 g/mol. The highest BCUT2D eigenvalue weighted by Crippen LogP contribution is 2.25.